The third-order valence-electron chi connectivity index (χ3n) is 4.28. The lowest BCUT2D eigenvalue weighted by Gasteiger charge is -2.06. The number of rotatable bonds is 4. The molecule has 2 heterocycles. The van der Waals surface area contributed by atoms with Crippen molar-refractivity contribution >= 4 is 21.4 Å². The highest BCUT2D eigenvalue weighted by atomic mass is 32.2. The largest absolute Gasteiger partial charge is 0.360 e. The Morgan fingerprint density at radius 3 is 2.36 bits per heavy atom. The first kappa shape index (κ1) is 18.5. The van der Waals surface area contributed by atoms with E-state index in [9.17, 15) is 12.8 Å². The molecule has 0 spiro atoms. The third-order valence-corrected chi connectivity index (χ3v) is 5.81. The molecule has 0 unspecified atom stereocenters. The number of nitrogens with two attached hydrogens (primary N) is 1. The molecule has 0 amide bonds. The van der Waals surface area contributed by atoms with Gasteiger partial charge in [0.25, 0.3) is 0 Å². The fourth-order valence-corrected chi connectivity index (χ4v) is 4.10. The van der Waals surface area contributed by atoms with E-state index in [0.717, 1.165) is 29.0 Å². The van der Waals surface area contributed by atoms with Gasteiger partial charge in [-0.15, -0.1) is 11.3 Å². The average Bonchev–Trinajstić information content (AvgIpc) is 3.30. The van der Waals surface area contributed by atoms with Crippen molar-refractivity contribution in [2.45, 2.75) is 11.8 Å². The monoisotopic (exact) mass is 415 g/mol. The Morgan fingerprint density at radius 2 is 1.75 bits per heavy atom. The van der Waals surface area contributed by atoms with E-state index >= 15 is 0 Å². The van der Waals surface area contributed by atoms with E-state index in [-0.39, 0.29) is 0 Å². The van der Waals surface area contributed by atoms with Crippen LogP contribution in [0.4, 0.5) is 4.39 Å². The second kappa shape index (κ2) is 6.93. The molecule has 28 heavy (non-hydrogen) atoms. The Balaban J connectivity index is 1.77. The predicted molar refractivity (Wildman–Crippen MR) is 105 cm³/mol. The number of aryl methyl sites for hydroxylation is 1. The average molecular weight is 415 g/mol. The molecule has 0 fully saturated rings. The zero-order chi connectivity index (χ0) is 19.9. The van der Waals surface area contributed by atoms with Crippen molar-refractivity contribution in [1.29, 1.82) is 0 Å². The molecular formula is C19H14FN3O3S2. The van der Waals surface area contributed by atoms with E-state index in [1.54, 1.807) is 12.4 Å². The van der Waals surface area contributed by atoms with E-state index in [1.807, 2.05) is 29.6 Å². The molecule has 4 rings (SSSR count). The van der Waals surface area contributed by atoms with Crippen LogP contribution in [0.5, 0.6) is 0 Å². The van der Waals surface area contributed by atoms with E-state index < -0.39 is 20.7 Å². The molecule has 2 aromatic heterocycles. The maximum absolute atomic E-state index is 14.3. The molecule has 0 saturated heterocycles. The van der Waals surface area contributed by atoms with Crippen molar-refractivity contribution < 1.29 is 17.3 Å². The summed E-state index contributed by atoms with van der Waals surface area (Å²) < 4.78 is 42.5. The molecule has 0 aliphatic heterocycles. The fourth-order valence-electron chi connectivity index (χ4n) is 2.95. The Bertz CT molecular complexity index is 1250. The molecule has 0 bridgehead atoms. The highest BCUT2D eigenvalue weighted by Crippen LogP contribution is 2.36. The molecule has 6 nitrogen and oxygen atoms in total. The number of sulfonamides is 1. The first-order valence-electron chi connectivity index (χ1n) is 8.12. The number of hydrogen-bond acceptors (Lipinski definition) is 6. The molecule has 0 aliphatic rings. The molecule has 0 radical (unpaired) electrons. The standard InChI is InChI=1S/C19H14FN3O3S2/c1-11-18(14-6-7-17(15(20)8-14)28(21,24)25)19(23-26-11)13-4-2-12(3-5-13)16-9-27-10-22-16/h2-10H,1H3,(H2,21,24,25). The zero-order valence-corrected chi connectivity index (χ0v) is 16.2. The lowest BCUT2D eigenvalue weighted by atomic mass is 9.98. The molecule has 2 N–H and O–H groups in total. The quantitative estimate of drug-likeness (QED) is 0.538. The summed E-state index contributed by atoms with van der Waals surface area (Å²) in [5, 5.41) is 11.1. The van der Waals surface area contributed by atoms with Crippen LogP contribution in [0, 0.1) is 12.7 Å². The van der Waals surface area contributed by atoms with Crippen LogP contribution in [-0.4, -0.2) is 18.6 Å². The van der Waals surface area contributed by atoms with Crippen LogP contribution in [0.25, 0.3) is 33.6 Å². The normalized spacial score (nSPS) is 11.7. The number of aromatic nitrogens is 2. The molecule has 4 aromatic rings. The van der Waals surface area contributed by atoms with Gasteiger partial charge in [-0.25, -0.2) is 22.9 Å². The van der Waals surface area contributed by atoms with Gasteiger partial charge in [0.1, 0.15) is 22.2 Å². The first-order valence-corrected chi connectivity index (χ1v) is 10.6. The van der Waals surface area contributed by atoms with Crippen molar-refractivity contribution in [2.75, 3.05) is 0 Å². The maximum Gasteiger partial charge on any atom is 0.240 e. The smallest absolute Gasteiger partial charge is 0.240 e. The molecule has 2 aromatic carbocycles. The van der Waals surface area contributed by atoms with Gasteiger partial charge in [0, 0.05) is 16.5 Å². The number of nitrogens with zero attached hydrogens (tertiary/aromatic N) is 2. The Labute approximate surface area is 164 Å². The summed E-state index contributed by atoms with van der Waals surface area (Å²) in [4.78, 5) is 3.72. The minimum Gasteiger partial charge on any atom is -0.360 e. The molecular weight excluding hydrogens is 401 g/mol. The van der Waals surface area contributed by atoms with Gasteiger partial charge in [0.2, 0.25) is 10.0 Å². The summed E-state index contributed by atoms with van der Waals surface area (Å²) >= 11 is 1.52. The van der Waals surface area contributed by atoms with E-state index in [1.165, 1.54) is 17.4 Å². The summed E-state index contributed by atoms with van der Waals surface area (Å²) in [5.74, 6) is -0.438. The third kappa shape index (κ3) is 3.35. The van der Waals surface area contributed by atoms with Crippen LogP contribution in [0.3, 0.4) is 0 Å². The van der Waals surface area contributed by atoms with Gasteiger partial charge in [-0.2, -0.15) is 0 Å². The van der Waals surface area contributed by atoms with Gasteiger partial charge in [-0.1, -0.05) is 35.5 Å². The van der Waals surface area contributed by atoms with Crippen molar-refractivity contribution in [3.63, 3.8) is 0 Å². The van der Waals surface area contributed by atoms with Gasteiger partial charge in [-0.3, -0.25) is 0 Å². The SMILES string of the molecule is Cc1onc(-c2ccc(-c3cscn3)cc2)c1-c1ccc(S(N)(=O)=O)c(F)c1. The Kier molecular flexibility index (Phi) is 4.58. The van der Waals surface area contributed by atoms with E-state index in [4.69, 9.17) is 9.66 Å². The van der Waals surface area contributed by atoms with Gasteiger partial charge in [0.05, 0.1) is 16.8 Å². The fraction of sp³-hybridized carbons (Fsp3) is 0.0526. The van der Waals surface area contributed by atoms with E-state index in [2.05, 4.69) is 10.1 Å². The zero-order valence-electron chi connectivity index (χ0n) is 14.6. The van der Waals surface area contributed by atoms with Crippen LogP contribution in [-0.2, 0) is 10.0 Å². The topological polar surface area (TPSA) is 99.1 Å². The molecule has 9 heteroatoms. The molecule has 0 aliphatic carbocycles. The number of hydrogen-bond donors (Lipinski definition) is 1. The highest BCUT2D eigenvalue weighted by Gasteiger charge is 2.20. The van der Waals surface area contributed by atoms with Gasteiger partial charge >= 0.3 is 0 Å². The minimum absolute atomic E-state index is 0.447. The lowest BCUT2D eigenvalue weighted by molar-refractivity contribution is 0.400. The predicted octanol–water partition coefficient (Wildman–Crippen LogP) is 4.23. The maximum atomic E-state index is 14.3. The Hall–Kier alpha value is -2.88. The van der Waals surface area contributed by atoms with Crippen molar-refractivity contribution in [3.05, 3.63) is 64.9 Å². The van der Waals surface area contributed by atoms with E-state index in [0.29, 0.717) is 22.6 Å². The lowest BCUT2D eigenvalue weighted by Crippen LogP contribution is -2.13. The number of primary sulfonamides is 1. The number of halogens is 1. The van der Waals surface area contributed by atoms with Crippen LogP contribution < -0.4 is 5.14 Å². The van der Waals surface area contributed by atoms with Gasteiger partial charge in [-0.05, 0) is 24.6 Å². The second-order valence-corrected chi connectivity index (χ2v) is 8.35. The van der Waals surface area contributed by atoms with Crippen molar-refractivity contribution in [3.8, 4) is 33.6 Å². The summed E-state index contributed by atoms with van der Waals surface area (Å²) in [6.07, 6.45) is 0. The molecule has 0 saturated carbocycles. The minimum atomic E-state index is -4.14. The van der Waals surface area contributed by atoms with Crippen LogP contribution >= 0.6 is 11.3 Å². The number of thiazole rings is 1. The van der Waals surface area contributed by atoms with Crippen molar-refractivity contribution in [2.24, 2.45) is 5.14 Å². The number of benzene rings is 2. The Morgan fingerprint density at radius 1 is 1.07 bits per heavy atom. The van der Waals surface area contributed by atoms with Gasteiger partial charge in [0.15, 0.2) is 0 Å². The summed E-state index contributed by atoms with van der Waals surface area (Å²) in [5.41, 5.74) is 5.96. The van der Waals surface area contributed by atoms with Crippen LogP contribution in [0.2, 0.25) is 0 Å². The second-order valence-electron chi connectivity index (χ2n) is 6.10. The summed E-state index contributed by atoms with van der Waals surface area (Å²) in [6.45, 7) is 1.71. The van der Waals surface area contributed by atoms with Crippen LogP contribution in [0.1, 0.15) is 5.76 Å². The highest BCUT2D eigenvalue weighted by molar-refractivity contribution is 7.89. The van der Waals surface area contributed by atoms with Crippen molar-refractivity contribution in [1.82, 2.24) is 10.1 Å². The summed E-state index contributed by atoms with van der Waals surface area (Å²) in [7, 11) is -4.14. The summed E-state index contributed by atoms with van der Waals surface area (Å²) in [6, 6.07) is 11.3. The van der Waals surface area contributed by atoms with Gasteiger partial charge < -0.3 is 4.52 Å². The van der Waals surface area contributed by atoms with Crippen LogP contribution in [0.15, 0.2) is 62.8 Å². The molecule has 0 atom stereocenters. The molecule has 142 valence electrons. The first-order chi connectivity index (χ1) is 13.3.